The van der Waals surface area contributed by atoms with Crippen LogP contribution in [0.5, 0.6) is 0 Å². The number of amides is 1. The number of rotatable bonds is 3. The highest BCUT2D eigenvalue weighted by atomic mass is 35.5. The maximum absolute atomic E-state index is 12.6. The lowest BCUT2D eigenvalue weighted by atomic mass is 9.77. The number of carbonyl (C=O) groups excluding carboxylic acids is 1. The summed E-state index contributed by atoms with van der Waals surface area (Å²) in [4.78, 5) is 24.1. The van der Waals surface area contributed by atoms with E-state index >= 15 is 0 Å². The molecule has 2 aliphatic rings. The van der Waals surface area contributed by atoms with Crippen molar-refractivity contribution in [2.45, 2.75) is 64.9 Å². The zero-order chi connectivity index (χ0) is 24.5. The Balaban J connectivity index is 1.74. The average Bonchev–Trinajstić information content (AvgIpc) is 3.23. The average molecular weight is 502 g/mol. The first kappa shape index (κ1) is 24.6. The fourth-order valence-electron chi connectivity index (χ4n) is 4.90. The lowest BCUT2D eigenvalue weighted by Crippen LogP contribution is -2.40. The molecule has 1 saturated heterocycles. The monoisotopic (exact) mass is 501 g/mol. The lowest BCUT2D eigenvalue weighted by Gasteiger charge is -2.40. The van der Waals surface area contributed by atoms with E-state index in [1.165, 1.54) is 25.7 Å². The SMILES string of the molecule is CC(C)(C)OC(=O)Nc1nc(N2CCC3(CCCC3)CC2)c(C#N)nc1-c1cccc(Cl)c1Cl. The van der Waals surface area contributed by atoms with E-state index in [1.807, 2.05) is 0 Å². The summed E-state index contributed by atoms with van der Waals surface area (Å²) in [5.74, 6) is 0.636. The van der Waals surface area contributed by atoms with E-state index in [2.05, 4.69) is 21.3 Å². The number of hydrogen-bond donors (Lipinski definition) is 1. The van der Waals surface area contributed by atoms with E-state index in [0.29, 0.717) is 21.8 Å². The summed E-state index contributed by atoms with van der Waals surface area (Å²) in [5, 5.41) is 13.2. The normalized spacial score (nSPS) is 17.5. The summed E-state index contributed by atoms with van der Waals surface area (Å²) in [6, 6.07) is 7.30. The third-order valence-electron chi connectivity index (χ3n) is 6.60. The number of carbonyl (C=O) groups is 1. The topological polar surface area (TPSA) is 91.1 Å². The number of aromatic nitrogens is 2. The van der Waals surface area contributed by atoms with Gasteiger partial charge in [0, 0.05) is 18.7 Å². The van der Waals surface area contributed by atoms with Crippen LogP contribution in [0.2, 0.25) is 10.0 Å². The molecule has 0 unspecified atom stereocenters. The van der Waals surface area contributed by atoms with Crippen LogP contribution in [0.4, 0.5) is 16.4 Å². The molecule has 2 fully saturated rings. The highest BCUT2D eigenvalue weighted by Gasteiger charge is 2.38. The standard InChI is InChI=1S/C25H29Cl2N5O2/c1-24(2,3)34-23(33)31-21-20(16-7-6-8-17(26)19(16)27)29-18(15-28)22(30-21)32-13-11-25(12-14-32)9-4-5-10-25/h6-8H,4-5,9-14H2,1-3H3,(H,30,31,33). The number of anilines is 2. The number of piperidine rings is 1. The largest absolute Gasteiger partial charge is 0.444 e. The molecule has 1 aliphatic carbocycles. The van der Waals surface area contributed by atoms with Gasteiger partial charge >= 0.3 is 6.09 Å². The van der Waals surface area contributed by atoms with Gasteiger partial charge in [0.15, 0.2) is 17.3 Å². The van der Waals surface area contributed by atoms with Gasteiger partial charge in [0.2, 0.25) is 0 Å². The van der Waals surface area contributed by atoms with Crippen molar-refractivity contribution in [1.82, 2.24) is 9.97 Å². The fraction of sp³-hybridized carbons (Fsp3) is 0.520. The van der Waals surface area contributed by atoms with Crippen molar-refractivity contribution in [3.63, 3.8) is 0 Å². The number of benzene rings is 1. The molecule has 1 saturated carbocycles. The van der Waals surface area contributed by atoms with Crippen LogP contribution >= 0.6 is 23.2 Å². The summed E-state index contributed by atoms with van der Waals surface area (Å²) >= 11 is 12.7. The van der Waals surface area contributed by atoms with Crippen LogP contribution in [-0.4, -0.2) is 34.8 Å². The molecule has 9 heteroatoms. The first-order valence-corrected chi connectivity index (χ1v) is 12.4. The predicted molar refractivity (Wildman–Crippen MR) is 134 cm³/mol. The van der Waals surface area contributed by atoms with Gasteiger partial charge in [-0.3, -0.25) is 5.32 Å². The van der Waals surface area contributed by atoms with Crippen LogP contribution in [0.1, 0.15) is 65.0 Å². The molecule has 34 heavy (non-hydrogen) atoms. The minimum absolute atomic E-state index is 0.175. The van der Waals surface area contributed by atoms with Crippen molar-refractivity contribution in [1.29, 1.82) is 5.26 Å². The molecule has 2 heterocycles. The van der Waals surface area contributed by atoms with Crippen LogP contribution in [0.15, 0.2) is 18.2 Å². The van der Waals surface area contributed by atoms with Crippen molar-refractivity contribution >= 4 is 40.9 Å². The minimum Gasteiger partial charge on any atom is -0.444 e. The van der Waals surface area contributed by atoms with Crippen molar-refractivity contribution in [2.75, 3.05) is 23.3 Å². The van der Waals surface area contributed by atoms with Crippen LogP contribution in [0.3, 0.4) is 0 Å². The van der Waals surface area contributed by atoms with Gasteiger partial charge in [-0.1, -0.05) is 48.2 Å². The maximum atomic E-state index is 12.6. The lowest BCUT2D eigenvalue weighted by molar-refractivity contribution is 0.0635. The first-order valence-electron chi connectivity index (χ1n) is 11.6. The zero-order valence-electron chi connectivity index (χ0n) is 19.8. The van der Waals surface area contributed by atoms with E-state index in [4.69, 9.17) is 32.9 Å². The summed E-state index contributed by atoms with van der Waals surface area (Å²) in [6.07, 6.45) is 6.60. The van der Waals surface area contributed by atoms with E-state index < -0.39 is 11.7 Å². The molecule has 180 valence electrons. The Labute approximate surface area is 210 Å². The van der Waals surface area contributed by atoms with Crippen LogP contribution < -0.4 is 10.2 Å². The molecule has 0 atom stereocenters. The number of nitrogens with zero attached hydrogens (tertiary/aromatic N) is 4. The molecule has 1 aromatic carbocycles. The third kappa shape index (κ3) is 5.24. The van der Waals surface area contributed by atoms with Crippen molar-refractivity contribution in [3.8, 4) is 17.3 Å². The first-order chi connectivity index (χ1) is 16.1. The van der Waals surface area contributed by atoms with E-state index in [0.717, 1.165) is 25.9 Å². The number of halogens is 2. The minimum atomic E-state index is -0.691. The molecule has 0 radical (unpaired) electrons. The summed E-state index contributed by atoms with van der Waals surface area (Å²) in [6.45, 7) is 6.94. The number of nitriles is 1. The second-order valence-electron chi connectivity index (χ2n) is 10.1. The highest BCUT2D eigenvalue weighted by Crippen LogP contribution is 2.47. The predicted octanol–water partition coefficient (Wildman–Crippen LogP) is 6.83. The quantitative estimate of drug-likeness (QED) is 0.495. The smallest absolute Gasteiger partial charge is 0.413 e. The van der Waals surface area contributed by atoms with Gasteiger partial charge < -0.3 is 9.64 Å². The third-order valence-corrected chi connectivity index (χ3v) is 7.42. The van der Waals surface area contributed by atoms with Gasteiger partial charge in [-0.05, 0) is 57.9 Å². The Bertz CT molecular complexity index is 1120. The molecular formula is C25H29Cl2N5O2. The molecule has 7 nitrogen and oxygen atoms in total. The Morgan fingerprint density at radius 3 is 2.44 bits per heavy atom. The second-order valence-corrected chi connectivity index (χ2v) is 10.9. The molecule has 1 N–H and O–H groups in total. The summed E-state index contributed by atoms with van der Waals surface area (Å²) in [7, 11) is 0. The van der Waals surface area contributed by atoms with Crippen molar-refractivity contribution < 1.29 is 9.53 Å². The van der Waals surface area contributed by atoms with Crippen LogP contribution in [0.25, 0.3) is 11.3 Å². The molecule has 1 aliphatic heterocycles. The zero-order valence-corrected chi connectivity index (χ0v) is 21.3. The molecule has 4 rings (SSSR count). The molecule has 1 spiro atoms. The summed E-state index contributed by atoms with van der Waals surface area (Å²) in [5.41, 5.74) is 0.650. The van der Waals surface area contributed by atoms with Gasteiger partial charge in [-0.2, -0.15) is 5.26 Å². The van der Waals surface area contributed by atoms with Gasteiger partial charge in [0.25, 0.3) is 0 Å². The fourth-order valence-corrected chi connectivity index (χ4v) is 5.29. The second kappa shape index (κ2) is 9.59. The molecule has 2 aromatic rings. The molecule has 1 aromatic heterocycles. The van der Waals surface area contributed by atoms with Crippen molar-refractivity contribution in [3.05, 3.63) is 33.9 Å². The Morgan fingerprint density at radius 2 is 1.82 bits per heavy atom. The van der Waals surface area contributed by atoms with E-state index in [9.17, 15) is 10.1 Å². The number of ether oxygens (including phenoxy) is 1. The molecule has 1 amide bonds. The van der Waals surface area contributed by atoms with Gasteiger partial charge in [0.05, 0.1) is 10.0 Å². The number of hydrogen-bond acceptors (Lipinski definition) is 6. The van der Waals surface area contributed by atoms with Gasteiger partial charge in [-0.25, -0.2) is 14.8 Å². The molecule has 0 bridgehead atoms. The Morgan fingerprint density at radius 1 is 1.15 bits per heavy atom. The van der Waals surface area contributed by atoms with Gasteiger partial charge in [0.1, 0.15) is 17.4 Å². The van der Waals surface area contributed by atoms with Crippen molar-refractivity contribution in [2.24, 2.45) is 5.41 Å². The summed E-state index contributed by atoms with van der Waals surface area (Å²) < 4.78 is 5.44. The number of nitrogens with one attached hydrogen (secondary N) is 1. The van der Waals surface area contributed by atoms with Gasteiger partial charge in [-0.15, -0.1) is 0 Å². The Kier molecular flexibility index (Phi) is 6.93. The molecular weight excluding hydrogens is 473 g/mol. The van der Waals surface area contributed by atoms with E-state index in [-0.39, 0.29) is 22.2 Å². The highest BCUT2D eigenvalue weighted by molar-refractivity contribution is 6.43. The van der Waals surface area contributed by atoms with Crippen LogP contribution in [0, 0.1) is 16.7 Å². The Hall–Kier alpha value is -2.56. The maximum Gasteiger partial charge on any atom is 0.413 e. The van der Waals surface area contributed by atoms with E-state index in [1.54, 1.807) is 39.0 Å². The van der Waals surface area contributed by atoms with Crippen LogP contribution in [-0.2, 0) is 4.74 Å².